The van der Waals surface area contributed by atoms with Crippen LogP contribution in [0.4, 0.5) is 11.4 Å². The van der Waals surface area contributed by atoms with Gasteiger partial charge in [0.05, 0.1) is 11.4 Å². The molecular weight excluding hydrogens is 252 g/mol. The summed E-state index contributed by atoms with van der Waals surface area (Å²) in [6.45, 7) is 1.91. The molecular formula is C8H11BrN2OS. The van der Waals surface area contributed by atoms with Gasteiger partial charge in [-0.1, -0.05) is 15.9 Å². The van der Waals surface area contributed by atoms with Crippen LogP contribution in [0.2, 0.25) is 0 Å². The minimum Gasteiger partial charge on any atom is -0.397 e. The van der Waals surface area contributed by atoms with E-state index in [-0.39, 0.29) is 0 Å². The SMILES string of the molecule is Cc1cc(Br)cc(N)c1NS(C)=O. The second kappa shape index (κ2) is 4.11. The van der Waals surface area contributed by atoms with Crippen LogP contribution in [0.15, 0.2) is 16.6 Å². The van der Waals surface area contributed by atoms with Crippen molar-refractivity contribution in [1.82, 2.24) is 0 Å². The molecule has 0 fully saturated rings. The number of aryl methyl sites for hydroxylation is 1. The number of anilines is 2. The molecule has 0 amide bonds. The summed E-state index contributed by atoms with van der Waals surface area (Å²) in [5, 5.41) is 0. The maximum atomic E-state index is 10.9. The molecule has 0 aliphatic heterocycles. The topological polar surface area (TPSA) is 55.1 Å². The van der Waals surface area contributed by atoms with Crippen LogP contribution >= 0.6 is 15.9 Å². The Labute approximate surface area is 88.4 Å². The van der Waals surface area contributed by atoms with E-state index >= 15 is 0 Å². The van der Waals surface area contributed by atoms with Crippen LogP contribution in [0.3, 0.4) is 0 Å². The molecule has 1 atom stereocenters. The minimum absolute atomic E-state index is 0.599. The Kier molecular flexibility index (Phi) is 3.33. The van der Waals surface area contributed by atoms with Gasteiger partial charge in [-0.25, -0.2) is 4.21 Å². The summed E-state index contributed by atoms with van der Waals surface area (Å²) in [6.07, 6.45) is 1.57. The fraction of sp³-hybridized carbons (Fsp3) is 0.250. The number of halogens is 1. The number of hydrogen-bond donors (Lipinski definition) is 2. The first-order chi connectivity index (χ1) is 6.00. The molecule has 0 aliphatic rings. The Morgan fingerprint density at radius 2 is 2.15 bits per heavy atom. The highest BCUT2D eigenvalue weighted by Gasteiger charge is 2.05. The quantitative estimate of drug-likeness (QED) is 0.802. The summed E-state index contributed by atoms with van der Waals surface area (Å²) in [6, 6.07) is 3.70. The third-order valence-corrected chi connectivity index (χ3v) is 2.53. The molecule has 3 nitrogen and oxygen atoms in total. The van der Waals surface area contributed by atoms with Crippen LogP contribution in [-0.2, 0) is 11.0 Å². The van der Waals surface area contributed by atoms with Crippen molar-refractivity contribution in [3.8, 4) is 0 Å². The number of nitrogen functional groups attached to an aromatic ring is 1. The average molecular weight is 263 g/mol. The molecule has 0 aliphatic carbocycles. The third-order valence-electron chi connectivity index (χ3n) is 1.58. The van der Waals surface area contributed by atoms with Gasteiger partial charge in [0.2, 0.25) is 0 Å². The zero-order chi connectivity index (χ0) is 10.0. The molecule has 0 radical (unpaired) electrons. The monoisotopic (exact) mass is 262 g/mol. The highest BCUT2D eigenvalue weighted by Crippen LogP contribution is 2.27. The van der Waals surface area contributed by atoms with Crippen LogP contribution in [-0.4, -0.2) is 10.5 Å². The van der Waals surface area contributed by atoms with Gasteiger partial charge in [-0.05, 0) is 24.6 Å². The smallest absolute Gasteiger partial charge is 0.114 e. The normalized spacial score (nSPS) is 12.5. The number of rotatable bonds is 2. The predicted molar refractivity (Wildman–Crippen MR) is 61.0 cm³/mol. The van der Waals surface area contributed by atoms with Gasteiger partial charge < -0.3 is 10.5 Å². The van der Waals surface area contributed by atoms with E-state index in [0.29, 0.717) is 5.69 Å². The van der Waals surface area contributed by atoms with Crippen molar-refractivity contribution in [2.45, 2.75) is 6.92 Å². The summed E-state index contributed by atoms with van der Waals surface area (Å²) in [5.74, 6) is 0. The Bertz CT molecular complexity index is 331. The van der Waals surface area contributed by atoms with Crippen LogP contribution in [0.25, 0.3) is 0 Å². The maximum absolute atomic E-state index is 10.9. The third kappa shape index (κ3) is 2.70. The van der Waals surface area contributed by atoms with E-state index in [1.807, 2.05) is 13.0 Å². The molecule has 0 spiro atoms. The van der Waals surface area contributed by atoms with Gasteiger partial charge in [-0.3, -0.25) is 0 Å². The minimum atomic E-state index is -1.09. The second-order valence-corrected chi connectivity index (χ2v) is 4.77. The number of hydrogen-bond acceptors (Lipinski definition) is 2. The summed E-state index contributed by atoms with van der Waals surface area (Å²) in [7, 11) is -1.09. The lowest BCUT2D eigenvalue weighted by Crippen LogP contribution is -2.05. The standard InChI is InChI=1S/C8H11BrN2OS/c1-5-3-6(9)4-7(10)8(5)11-13(2)12/h3-4,11H,10H2,1-2H3. The van der Waals surface area contributed by atoms with Gasteiger partial charge in [-0.15, -0.1) is 0 Å². The van der Waals surface area contributed by atoms with Crippen LogP contribution in [0.1, 0.15) is 5.56 Å². The zero-order valence-corrected chi connectivity index (χ0v) is 9.83. The molecule has 0 bridgehead atoms. The average Bonchev–Trinajstić information content (AvgIpc) is 1.96. The number of nitrogens with one attached hydrogen (secondary N) is 1. The number of benzene rings is 1. The van der Waals surface area contributed by atoms with Gasteiger partial charge in [0.25, 0.3) is 0 Å². The van der Waals surface area contributed by atoms with E-state index in [1.165, 1.54) is 0 Å². The molecule has 0 heterocycles. The Morgan fingerprint density at radius 3 is 2.62 bits per heavy atom. The van der Waals surface area contributed by atoms with Gasteiger partial charge in [0, 0.05) is 10.7 Å². The Hall–Kier alpha value is -0.550. The van der Waals surface area contributed by atoms with Gasteiger partial charge in [-0.2, -0.15) is 0 Å². The van der Waals surface area contributed by atoms with Crippen molar-refractivity contribution < 1.29 is 4.21 Å². The summed E-state index contributed by atoms with van der Waals surface area (Å²) in [5.41, 5.74) is 8.06. The van der Waals surface area contributed by atoms with Crippen LogP contribution < -0.4 is 10.5 Å². The Balaban J connectivity index is 3.13. The van der Waals surface area contributed by atoms with Crippen molar-refractivity contribution in [1.29, 1.82) is 0 Å². The van der Waals surface area contributed by atoms with Gasteiger partial charge in [0.15, 0.2) is 0 Å². The molecule has 5 heteroatoms. The molecule has 13 heavy (non-hydrogen) atoms. The molecule has 0 saturated heterocycles. The van der Waals surface area contributed by atoms with E-state index in [2.05, 4.69) is 20.7 Å². The first-order valence-corrected chi connectivity index (χ1v) is 6.01. The lowest BCUT2D eigenvalue weighted by molar-refractivity contribution is 0.690. The fourth-order valence-electron chi connectivity index (χ4n) is 1.05. The van der Waals surface area contributed by atoms with E-state index in [4.69, 9.17) is 5.73 Å². The first kappa shape index (κ1) is 10.5. The lowest BCUT2D eigenvalue weighted by atomic mass is 10.2. The van der Waals surface area contributed by atoms with E-state index in [1.54, 1.807) is 12.3 Å². The van der Waals surface area contributed by atoms with Crippen molar-refractivity contribution in [2.75, 3.05) is 16.7 Å². The van der Waals surface area contributed by atoms with Crippen molar-refractivity contribution >= 4 is 38.3 Å². The predicted octanol–water partition coefficient (Wildman–Crippen LogP) is 2.05. The highest BCUT2D eigenvalue weighted by atomic mass is 79.9. The van der Waals surface area contributed by atoms with E-state index in [9.17, 15) is 4.21 Å². The van der Waals surface area contributed by atoms with Crippen LogP contribution in [0, 0.1) is 6.92 Å². The lowest BCUT2D eigenvalue weighted by Gasteiger charge is -2.10. The molecule has 0 aromatic heterocycles. The van der Waals surface area contributed by atoms with E-state index in [0.717, 1.165) is 15.7 Å². The zero-order valence-electron chi connectivity index (χ0n) is 7.43. The van der Waals surface area contributed by atoms with Crippen LogP contribution in [0.5, 0.6) is 0 Å². The molecule has 1 unspecified atom stereocenters. The largest absolute Gasteiger partial charge is 0.397 e. The number of nitrogens with two attached hydrogens (primary N) is 1. The molecule has 3 N–H and O–H groups in total. The summed E-state index contributed by atoms with van der Waals surface area (Å²) >= 11 is 3.33. The molecule has 1 aromatic rings. The summed E-state index contributed by atoms with van der Waals surface area (Å²) < 4.78 is 14.7. The first-order valence-electron chi connectivity index (χ1n) is 3.66. The molecule has 1 aromatic carbocycles. The van der Waals surface area contributed by atoms with E-state index < -0.39 is 11.0 Å². The molecule has 1 rings (SSSR count). The van der Waals surface area contributed by atoms with Gasteiger partial charge in [0.1, 0.15) is 11.0 Å². The molecule has 72 valence electrons. The Morgan fingerprint density at radius 1 is 1.54 bits per heavy atom. The molecule has 0 saturated carbocycles. The van der Waals surface area contributed by atoms with Crippen molar-refractivity contribution in [2.24, 2.45) is 0 Å². The van der Waals surface area contributed by atoms with Crippen molar-refractivity contribution in [3.63, 3.8) is 0 Å². The van der Waals surface area contributed by atoms with Gasteiger partial charge >= 0.3 is 0 Å². The summed E-state index contributed by atoms with van der Waals surface area (Å²) in [4.78, 5) is 0. The fourth-order valence-corrected chi connectivity index (χ4v) is 2.21. The van der Waals surface area contributed by atoms with Crippen molar-refractivity contribution in [3.05, 3.63) is 22.2 Å². The second-order valence-electron chi connectivity index (χ2n) is 2.74. The highest BCUT2D eigenvalue weighted by molar-refractivity contribution is 9.10. The maximum Gasteiger partial charge on any atom is 0.114 e.